The summed E-state index contributed by atoms with van der Waals surface area (Å²) in [5.41, 5.74) is 1.06. The number of aliphatic hydroxyl groups is 1. The van der Waals surface area contributed by atoms with Crippen LogP contribution < -0.4 is 5.32 Å². The van der Waals surface area contributed by atoms with Crippen LogP contribution in [0.4, 0.5) is 0 Å². The fraction of sp³-hybridized carbons (Fsp3) is 0.615. The maximum Gasteiger partial charge on any atom is 0.261 e. The molecule has 0 fully saturated rings. The van der Waals surface area contributed by atoms with Crippen LogP contribution >= 0.6 is 27.3 Å². The van der Waals surface area contributed by atoms with Gasteiger partial charge in [-0.05, 0) is 40.4 Å². The fourth-order valence-electron chi connectivity index (χ4n) is 1.86. The summed E-state index contributed by atoms with van der Waals surface area (Å²) in [4.78, 5) is 12.6. The number of nitrogens with one attached hydrogen (secondary N) is 1. The van der Waals surface area contributed by atoms with E-state index in [1.807, 2.05) is 13.0 Å². The van der Waals surface area contributed by atoms with Crippen molar-refractivity contribution in [3.8, 4) is 0 Å². The summed E-state index contributed by atoms with van der Waals surface area (Å²) in [6, 6.07) is 1.85. The van der Waals surface area contributed by atoms with Gasteiger partial charge in [-0.1, -0.05) is 26.7 Å². The Morgan fingerprint density at radius 3 is 2.56 bits per heavy atom. The van der Waals surface area contributed by atoms with E-state index in [0.29, 0.717) is 11.4 Å². The SMILES string of the molecule is CCC(CC)C(O)CNC(=O)c1cc(C)c(Br)s1. The van der Waals surface area contributed by atoms with Crippen LogP contribution in [0.2, 0.25) is 0 Å². The van der Waals surface area contributed by atoms with Gasteiger partial charge >= 0.3 is 0 Å². The number of thiophene rings is 1. The van der Waals surface area contributed by atoms with Crippen molar-refractivity contribution in [1.29, 1.82) is 0 Å². The van der Waals surface area contributed by atoms with Crippen LogP contribution in [0.5, 0.6) is 0 Å². The van der Waals surface area contributed by atoms with Crippen LogP contribution in [-0.2, 0) is 0 Å². The number of carbonyl (C=O) groups excluding carboxylic acids is 1. The molecule has 102 valence electrons. The summed E-state index contributed by atoms with van der Waals surface area (Å²) in [6.07, 6.45) is 1.39. The first-order valence-electron chi connectivity index (χ1n) is 6.21. The van der Waals surface area contributed by atoms with Crippen molar-refractivity contribution in [2.24, 2.45) is 5.92 Å². The molecule has 0 radical (unpaired) electrons. The van der Waals surface area contributed by atoms with E-state index in [9.17, 15) is 9.90 Å². The van der Waals surface area contributed by atoms with Gasteiger partial charge in [-0.25, -0.2) is 0 Å². The number of amides is 1. The zero-order chi connectivity index (χ0) is 13.7. The standard InChI is InChI=1S/C13H20BrNO2S/c1-4-9(5-2)10(16)7-15-13(17)11-6-8(3)12(14)18-11/h6,9-10,16H,4-5,7H2,1-3H3,(H,15,17). The summed E-state index contributed by atoms with van der Waals surface area (Å²) >= 11 is 4.82. The zero-order valence-corrected chi connectivity index (χ0v) is 13.4. The van der Waals surface area contributed by atoms with E-state index < -0.39 is 6.10 Å². The van der Waals surface area contributed by atoms with Gasteiger partial charge < -0.3 is 10.4 Å². The van der Waals surface area contributed by atoms with Crippen LogP contribution in [0.15, 0.2) is 9.85 Å². The highest BCUT2D eigenvalue weighted by molar-refractivity contribution is 9.11. The van der Waals surface area contributed by atoms with Gasteiger partial charge in [-0.3, -0.25) is 4.79 Å². The highest BCUT2D eigenvalue weighted by atomic mass is 79.9. The molecule has 2 N–H and O–H groups in total. The highest BCUT2D eigenvalue weighted by Gasteiger charge is 2.17. The maximum atomic E-state index is 11.9. The molecule has 0 aromatic carbocycles. The van der Waals surface area contributed by atoms with Gasteiger partial charge in [-0.15, -0.1) is 11.3 Å². The molecular formula is C13H20BrNO2S. The molecule has 0 aliphatic carbocycles. The molecule has 0 saturated carbocycles. The second kappa shape index (κ2) is 7.26. The predicted molar refractivity (Wildman–Crippen MR) is 79.2 cm³/mol. The molecule has 0 saturated heterocycles. The van der Waals surface area contributed by atoms with Gasteiger partial charge in [0.25, 0.3) is 5.91 Å². The lowest BCUT2D eigenvalue weighted by molar-refractivity contribution is 0.0819. The fourth-order valence-corrected chi connectivity index (χ4v) is 3.31. The summed E-state index contributed by atoms with van der Waals surface area (Å²) in [5.74, 6) is 0.140. The van der Waals surface area contributed by atoms with Crippen LogP contribution in [0.25, 0.3) is 0 Å². The molecule has 3 nitrogen and oxygen atoms in total. The third-order valence-corrected chi connectivity index (χ3v) is 5.28. The van der Waals surface area contributed by atoms with Crippen molar-refractivity contribution in [1.82, 2.24) is 5.32 Å². The minimum Gasteiger partial charge on any atom is -0.391 e. The second-order valence-corrected chi connectivity index (χ2v) is 6.79. The molecule has 0 aliphatic heterocycles. The van der Waals surface area contributed by atoms with Gasteiger partial charge in [0.1, 0.15) is 0 Å². The third-order valence-electron chi connectivity index (χ3n) is 3.15. The molecule has 1 atom stereocenters. The lowest BCUT2D eigenvalue weighted by atomic mass is 9.96. The molecule has 1 aromatic rings. The molecule has 1 amide bonds. The van der Waals surface area contributed by atoms with Crippen molar-refractivity contribution in [3.63, 3.8) is 0 Å². The van der Waals surface area contributed by atoms with Crippen molar-refractivity contribution in [3.05, 3.63) is 20.3 Å². The van der Waals surface area contributed by atoms with E-state index in [1.54, 1.807) is 0 Å². The summed E-state index contributed by atoms with van der Waals surface area (Å²) in [6.45, 7) is 6.38. The lowest BCUT2D eigenvalue weighted by Crippen LogP contribution is -2.35. The molecule has 0 bridgehead atoms. The Labute approximate surface area is 121 Å². The third kappa shape index (κ3) is 4.07. The van der Waals surface area contributed by atoms with Crippen LogP contribution in [0, 0.1) is 12.8 Å². The number of hydrogen-bond donors (Lipinski definition) is 2. The molecule has 1 aromatic heterocycles. The Kier molecular flexibility index (Phi) is 6.32. The minimum atomic E-state index is -0.464. The summed E-state index contributed by atoms with van der Waals surface area (Å²) in [7, 11) is 0. The molecular weight excluding hydrogens is 314 g/mol. The molecule has 5 heteroatoms. The summed E-state index contributed by atoms with van der Waals surface area (Å²) in [5, 5.41) is 12.7. The van der Waals surface area contributed by atoms with Gasteiger partial charge in [0.05, 0.1) is 14.8 Å². The highest BCUT2D eigenvalue weighted by Crippen LogP contribution is 2.27. The van der Waals surface area contributed by atoms with Crippen molar-refractivity contribution < 1.29 is 9.90 Å². The van der Waals surface area contributed by atoms with Crippen molar-refractivity contribution >= 4 is 33.2 Å². The predicted octanol–water partition coefficient (Wildman–Crippen LogP) is 3.35. The molecule has 0 aliphatic rings. The second-order valence-electron chi connectivity index (χ2n) is 4.42. The number of halogens is 1. The first-order chi connectivity index (χ1) is 8.49. The number of aliphatic hydroxyl groups excluding tert-OH is 1. The van der Waals surface area contributed by atoms with Crippen LogP contribution in [0.1, 0.15) is 41.9 Å². The van der Waals surface area contributed by atoms with Crippen molar-refractivity contribution in [2.45, 2.75) is 39.7 Å². The quantitative estimate of drug-likeness (QED) is 0.838. The van der Waals surface area contributed by atoms with E-state index in [1.165, 1.54) is 11.3 Å². The summed E-state index contributed by atoms with van der Waals surface area (Å²) < 4.78 is 0.980. The van der Waals surface area contributed by atoms with Crippen LogP contribution in [-0.4, -0.2) is 23.7 Å². The average Bonchev–Trinajstić information content (AvgIpc) is 2.68. The van der Waals surface area contributed by atoms with Crippen LogP contribution in [0.3, 0.4) is 0 Å². The Morgan fingerprint density at radius 2 is 2.11 bits per heavy atom. The Hall–Kier alpha value is -0.390. The lowest BCUT2D eigenvalue weighted by Gasteiger charge is -2.20. The average molecular weight is 334 g/mol. The van der Waals surface area contributed by atoms with E-state index in [-0.39, 0.29) is 11.8 Å². The van der Waals surface area contributed by atoms with E-state index in [0.717, 1.165) is 22.2 Å². The van der Waals surface area contributed by atoms with Gasteiger partial charge in [0, 0.05) is 6.54 Å². The van der Waals surface area contributed by atoms with E-state index in [2.05, 4.69) is 35.1 Å². The molecule has 1 rings (SSSR count). The molecule has 1 unspecified atom stereocenters. The Balaban J connectivity index is 2.51. The van der Waals surface area contributed by atoms with Crippen molar-refractivity contribution in [2.75, 3.05) is 6.54 Å². The van der Waals surface area contributed by atoms with E-state index >= 15 is 0 Å². The van der Waals surface area contributed by atoms with Gasteiger partial charge in [0.2, 0.25) is 0 Å². The number of rotatable bonds is 6. The van der Waals surface area contributed by atoms with E-state index in [4.69, 9.17) is 0 Å². The number of carbonyl (C=O) groups is 1. The molecule has 1 heterocycles. The Bertz CT molecular complexity index is 382. The molecule has 0 spiro atoms. The first kappa shape index (κ1) is 15.7. The normalized spacial score (nSPS) is 12.8. The van der Waals surface area contributed by atoms with Gasteiger partial charge in [-0.2, -0.15) is 0 Å². The Morgan fingerprint density at radius 1 is 1.50 bits per heavy atom. The first-order valence-corrected chi connectivity index (χ1v) is 7.82. The zero-order valence-electron chi connectivity index (χ0n) is 11.0. The topological polar surface area (TPSA) is 49.3 Å². The molecule has 18 heavy (non-hydrogen) atoms. The number of aryl methyl sites for hydroxylation is 1. The monoisotopic (exact) mass is 333 g/mol. The van der Waals surface area contributed by atoms with Gasteiger partial charge in [0.15, 0.2) is 0 Å². The maximum absolute atomic E-state index is 11.9. The number of hydrogen-bond acceptors (Lipinski definition) is 3. The largest absolute Gasteiger partial charge is 0.391 e. The minimum absolute atomic E-state index is 0.112. The smallest absolute Gasteiger partial charge is 0.261 e.